The first-order valence-corrected chi connectivity index (χ1v) is 10.9. The zero-order valence-corrected chi connectivity index (χ0v) is 18.5. The molecule has 28 heavy (non-hydrogen) atoms. The Bertz CT molecular complexity index is 581. The number of nitrogens with zero attached hydrogens (tertiary/aromatic N) is 3. The Morgan fingerprint density at radius 3 is 2.64 bits per heavy atom. The van der Waals surface area contributed by atoms with Crippen LogP contribution in [-0.4, -0.2) is 60.1 Å². The van der Waals surface area contributed by atoms with Gasteiger partial charge in [-0.3, -0.25) is 9.89 Å². The number of aliphatic imine (C=N–C) groups is 1. The number of dihydropyridines is 1. The van der Waals surface area contributed by atoms with Crippen LogP contribution in [0.15, 0.2) is 28.8 Å². The molecule has 2 aliphatic rings. The van der Waals surface area contributed by atoms with Crippen LogP contribution < -0.4 is 0 Å². The molecule has 1 amide bonds. The average Bonchev–Trinajstić information content (AvgIpc) is 2.64. The van der Waals surface area contributed by atoms with Crippen LogP contribution in [0.25, 0.3) is 0 Å². The highest BCUT2D eigenvalue weighted by Gasteiger charge is 2.27. The van der Waals surface area contributed by atoms with E-state index in [0.29, 0.717) is 5.92 Å². The number of carbonyl (C=O) groups excluding carboxylic acids is 1. The number of likely N-dealkylation sites (tertiary alicyclic amines) is 1. The molecule has 0 bridgehead atoms. The monoisotopic (exact) mass is 389 g/mol. The zero-order valence-electron chi connectivity index (χ0n) is 18.5. The summed E-state index contributed by atoms with van der Waals surface area (Å²) in [7, 11) is 0. The van der Waals surface area contributed by atoms with Crippen molar-refractivity contribution in [2.75, 3.05) is 26.2 Å². The first-order chi connectivity index (χ1) is 13.3. The first kappa shape index (κ1) is 22.7. The highest BCUT2D eigenvalue weighted by molar-refractivity contribution is 5.74. The summed E-state index contributed by atoms with van der Waals surface area (Å²) < 4.78 is 5.50. The molecule has 0 aromatic heterocycles. The van der Waals surface area contributed by atoms with Crippen molar-refractivity contribution in [1.82, 2.24) is 9.80 Å². The molecule has 0 aromatic rings. The van der Waals surface area contributed by atoms with Gasteiger partial charge in [0.2, 0.25) is 0 Å². The SMILES string of the molecule is C/C=C/C1=CC=NC(N(CCC)CCC2CCN(C(=O)OC(C)(C)C)CC2)C1. The summed E-state index contributed by atoms with van der Waals surface area (Å²) in [5.74, 6) is 0.677. The van der Waals surface area contributed by atoms with E-state index in [4.69, 9.17) is 9.73 Å². The maximum atomic E-state index is 12.2. The molecule has 1 fully saturated rings. The van der Waals surface area contributed by atoms with E-state index in [1.165, 1.54) is 12.0 Å². The number of carbonyl (C=O) groups is 1. The second-order valence-electron chi connectivity index (χ2n) is 8.96. The minimum Gasteiger partial charge on any atom is -0.444 e. The topological polar surface area (TPSA) is 45.1 Å². The van der Waals surface area contributed by atoms with Gasteiger partial charge < -0.3 is 9.64 Å². The molecule has 0 aromatic carbocycles. The molecule has 5 heteroatoms. The molecule has 1 unspecified atom stereocenters. The van der Waals surface area contributed by atoms with Gasteiger partial charge in [0.25, 0.3) is 0 Å². The van der Waals surface area contributed by atoms with Gasteiger partial charge in [-0.2, -0.15) is 0 Å². The Morgan fingerprint density at radius 1 is 1.32 bits per heavy atom. The van der Waals surface area contributed by atoms with E-state index in [2.05, 4.69) is 37.0 Å². The Labute approximate surface area is 171 Å². The molecular weight excluding hydrogens is 350 g/mol. The number of hydrogen-bond acceptors (Lipinski definition) is 4. The third-order valence-electron chi connectivity index (χ3n) is 5.37. The lowest BCUT2D eigenvalue weighted by atomic mass is 9.93. The van der Waals surface area contributed by atoms with Gasteiger partial charge in [0.1, 0.15) is 11.8 Å². The lowest BCUT2D eigenvalue weighted by Gasteiger charge is -2.35. The highest BCUT2D eigenvalue weighted by Crippen LogP contribution is 2.24. The van der Waals surface area contributed by atoms with Gasteiger partial charge >= 0.3 is 6.09 Å². The number of amides is 1. The second-order valence-corrected chi connectivity index (χ2v) is 8.96. The smallest absolute Gasteiger partial charge is 0.410 e. The third-order valence-corrected chi connectivity index (χ3v) is 5.37. The van der Waals surface area contributed by atoms with Crippen molar-refractivity contribution in [2.24, 2.45) is 10.9 Å². The van der Waals surface area contributed by atoms with Crippen molar-refractivity contribution in [3.05, 3.63) is 23.8 Å². The van der Waals surface area contributed by atoms with Crippen LogP contribution in [0.1, 0.15) is 66.7 Å². The molecule has 0 spiro atoms. The quantitative estimate of drug-likeness (QED) is 0.613. The maximum Gasteiger partial charge on any atom is 0.410 e. The lowest BCUT2D eigenvalue weighted by Crippen LogP contribution is -2.42. The summed E-state index contributed by atoms with van der Waals surface area (Å²) in [6, 6.07) is 0. The molecule has 0 saturated carbocycles. The average molecular weight is 390 g/mol. The number of piperidine rings is 1. The van der Waals surface area contributed by atoms with E-state index in [9.17, 15) is 4.79 Å². The van der Waals surface area contributed by atoms with Crippen molar-refractivity contribution < 1.29 is 9.53 Å². The Hall–Kier alpha value is -1.62. The van der Waals surface area contributed by atoms with E-state index in [-0.39, 0.29) is 12.3 Å². The number of hydrogen-bond donors (Lipinski definition) is 0. The standard InChI is InChI=1S/C23H39N3O2/c1-6-8-20-9-13-24-21(18-20)25(14-7-2)15-10-19-11-16-26(17-12-19)22(27)28-23(3,4)5/h6,8-9,13,19,21H,7,10-12,14-18H2,1-5H3/b8-6+. The van der Waals surface area contributed by atoms with Crippen molar-refractivity contribution in [3.63, 3.8) is 0 Å². The van der Waals surface area contributed by atoms with Crippen LogP contribution >= 0.6 is 0 Å². The van der Waals surface area contributed by atoms with Crippen LogP contribution in [0.3, 0.4) is 0 Å². The minimum absolute atomic E-state index is 0.168. The summed E-state index contributed by atoms with van der Waals surface area (Å²) >= 11 is 0. The molecule has 0 aliphatic carbocycles. The number of rotatable bonds is 7. The van der Waals surface area contributed by atoms with E-state index >= 15 is 0 Å². The summed E-state index contributed by atoms with van der Waals surface area (Å²) in [6.07, 6.45) is 13.9. The van der Waals surface area contributed by atoms with Gasteiger partial charge in [0.15, 0.2) is 0 Å². The molecule has 2 aliphatic heterocycles. The van der Waals surface area contributed by atoms with Crippen LogP contribution in [0, 0.1) is 5.92 Å². The summed E-state index contributed by atoms with van der Waals surface area (Å²) in [4.78, 5) is 21.4. The summed E-state index contributed by atoms with van der Waals surface area (Å²) in [6.45, 7) is 13.8. The largest absolute Gasteiger partial charge is 0.444 e. The van der Waals surface area contributed by atoms with Gasteiger partial charge in [-0.25, -0.2) is 4.79 Å². The van der Waals surface area contributed by atoms with Crippen LogP contribution in [-0.2, 0) is 4.74 Å². The predicted octanol–water partition coefficient (Wildman–Crippen LogP) is 5.04. The number of allylic oxidation sites excluding steroid dienone is 3. The minimum atomic E-state index is -0.421. The van der Waals surface area contributed by atoms with E-state index in [1.807, 2.05) is 31.9 Å². The van der Waals surface area contributed by atoms with Crippen molar-refractivity contribution >= 4 is 12.3 Å². The molecule has 2 heterocycles. The van der Waals surface area contributed by atoms with Gasteiger partial charge in [0, 0.05) is 32.3 Å². The van der Waals surface area contributed by atoms with E-state index < -0.39 is 5.60 Å². The lowest BCUT2D eigenvalue weighted by molar-refractivity contribution is 0.0176. The highest BCUT2D eigenvalue weighted by atomic mass is 16.6. The predicted molar refractivity (Wildman–Crippen MR) is 117 cm³/mol. The second kappa shape index (κ2) is 10.8. The van der Waals surface area contributed by atoms with Gasteiger partial charge in [-0.15, -0.1) is 0 Å². The van der Waals surface area contributed by atoms with E-state index in [1.54, 1.807) is 0 Å². The Balaban J connectivity index is 1.80. The molecule has 1 saturated heterocycles. The third kappa shape index (κ3) is 7.42. The molecule has 5 nitrogen and oxygen atoms in total. The van der Waals surface area contributed by atoms with Crippen molar-refractivity contribution in [1.29, 1.82) is 0 Å². The fourth-order valence-electron chi connectivity index (χ4n) is 3.91. The van der Waals surface area contributed by atoms with Crippen LogP contribution in [0.5, 0.6) is 0 Å². The van der Waals surface area contributed by atoms with E-state index in [0.717, 1.165) is 51.9 Å². The van der Waals surface area contributed by atoms with Crippen LogP contribution in [0.4, 0.5) is 4.79 Å². The van der Waals surface area contributed by atoms with Gasteiger partial charge in [-0.1, -0.05) is 19.1 Å². The van der Waals surface area contributed by atoms with Gasteiger partial charge in [-0.05, 0) is 77.5 Å². The fraction of sp³-hybridized carbons (Fsp3) is 0.739. The zero-order chi connectivity index (χ0) is 20.6. The van der Waals surface area contributed by atoms with Gasteiger partial charge in [0.05, 0.1) is 0 Å². The molecule has 1 atom stereocenters. The molecule has 158 valence electrons. The Kier molecular flexibility index (Phi) is 8.74. The summed E-state index contributed by atoms with van der Waals surface area (Å²) in [5, 5.41) is 0. The normalized spacial score (nSPS) is 21.4. The summed E-state index contributed by atoms with van der Waals surface area (Å²) in [5.41, 5.74) is 0.935. The maximum absolute atomic E-state index is 12.2. The molecular formula is C23H39N3O2. The van der Waals surface area contributed by atoms with Crippen LogP contribution in [0.2, 0.25) is 0 Å². The van der Waals surface area contributed by atoms with Crippen molar-refractivity contribution in [2.45, 2.75) is 78.5 Å². The molecule has 2 rings (SSSR count). The number of ether oxygens (including phenoxy) is 1. The first-order valence-electron chi connectivity index (χ1n) is 10.9. The Morgan fingerprint density at radius 2 is 2.04 bits per heavy atom. The molecule has 0 radical (unpaired) electrons. The fourth-order valence-corrected chi connectivity index (χ4v) is 3.91. The molecule has 0 N–H and O–H groups in total. The van der Waals surface area contributed by atoms with Crippen molar-refractivity contribution in [3.8, 4) is 0 Å².